The first-order valence-electron chi connectivity index (χ1n) is 23.8. The Morgan fingerprint density at radius 3 is 1.21 bits per heavy atom. The van der Waals surface area contributed by atoms with E-state index in [9.17, 15) is 9.59 Å². The lowest BCUT2D eigenvalue weighted by Gasteiger charge is -2.18. The Balaban J connectivity index is 4.21. The second-order valence-corrected chi connectivity index (χ2v) is 15.7. The monoisotopic (exact) mass is 783 g/mol. The number of unbranched alkanes of at least 4 members (excludes halogenated alkanes) is 23. The molecule has 0 amide bonds. The Bertz CT molecular complexity index is 977. The van der Waals surface area contributed by atoms with Gasteiger partial charge in [-0.05, 0) is 44.9 Å². The molecule has 0 aliphatic heterocycles. The summed E-state index contributed by atoms with van der Waals surface area (Å²) in [5.74, 6) is -0.544. The average Bonchev–Trinajstić information content (AvgIpc) is 3.20. The topological polar surface area (TPSA) is 61.8 Å². The van der Waals surface area contributed by atoms with Gasteiger partial charge in [-0.15, -0.1) is 0 Å². The fourth-order valence-electron chi connectivity index (χ4n) is 6.58. The van der Waals surface area contributed by atoms with Gasteiger partial charge in [-0.1, -0.05) is 229 Å². The Morgan fingerprint density at radius 2 is 0.786 bits per heavy atom. The SMILES string of the molecule is CC/C=C\C/C=C\C/C=C\C/C=C\C/C=C\CC(=O)OCC(COCCCCCCCCCCCCCCCCCCCC)OC(=O)CCCCCCCCC. The normalized spacial score (nSPS) is 12.7. The van der Waals surface area contributed by atoms with Gasteiger partial charge in [0.15, 0.2) is 6.10 Å². The molecule has 0 aromatic carbocycles. The molecular formula is C51H90O5. The molecule has 0 spiro atoms. The van der Waals surface area contributed by atoms with E-state index in [4.69, 9.17) is 14.2 Å². The fourth-order valence-corrected chi connectivity index (χ4v) is 6.58. The molecule has 5 heteroatoms. The van der Waals surface area contributed by atoms with Crippen molar-refractivity contribution < 1.29 is 23.8 Å². The van der Waals surface area contributed by atoms with Crippen LogP contribution in [0.5, 0.6) is 0 Å². The van der Waals surface area contributed by atoms with Crippen molar-refractivity contribution in [3.63, 3.8) is 0 Å². The molecule has 0 saturated heterocycles. The molecule has 0 aromatic heterocycles. The van der Waals surface area contributed by atoms with Gasteiger partial charge in [0.05, 0.1) is 13.0 Å². The summed E-state index contributed by atoms with van der Waals surface area (Å²) >= 11 is 0. The number of ether oxygens (including phenoxy) is 3. The first-order chi connectivity index (χ1) is 27.6. The number of hydrogen-bond acceptors (Lipinski definition) is 5. The van der Waals surface area contributed by atoms with Crippen molar-refractivity contribution in [2.75, 3.05) is 19.8 Å². The van der Waals surface area contributed by atoms with E-state index in [1.807, 2.05) is 12.2 Å². The Kier molecular flexibility index (Phi) is 45.0. The van der Waals surface area contributed by atoms with Crippen LogP contribution in [0.1, 0.15) is 226 Å². The highest BCUT2D eigenvalue weighted by molar-refractivity contribution is 5.71. The molecule has 0 radical (unpaired) electrons. The van der Waals surface area contributed by atoms with E-state index < -0.39 is 6.10 Å². The maximum atomic E-state index is 12.6. The van der Waals surface area contributed by atoms with E-state index in [0.717, 1.165) is 64.2 Å². The summed E-state index contributed by atoms with van der Waals surface area (Å²) < 4.78 is 17.2. The van der Waals surface area contributed by atoms with E-state index in [1.54, 1.807) is 0 Å². The van der Waals surface area contributed by atoms with Gasteiger partial charge in [-0.25, -0.2) is 0 Å². The lowest BCUT2D eigenvalue weighted by molar-refractivity contribution is -0.162. The smallest absolute Gasteiger partial charge is 0.309 e. The number of carbonyl (C=O) groups excluding carboxylic acids is 2. The lowest BCUT2D eigenvalue weighted by Crippen LogP contribution is -2.30. The predicted octanol–water partition coefficient (Wildman–Crippen LogP) is 15.8. The van der Waals surface area contributed by atoms with Gasteiger partial charge in [0.1, 0.15) is 6.61 Å². The minimum absolute atomic E-state index is 0.0332. The summed E-state index contributed by atoms with van der Waals surface area (Å²) in [7, 11) is 0. The Hall–Kier alpha value is -2.40. The maximum absolute atomic E-state index is 12.6. The van der Waals surface area contributed by atoms with Crippen LogP contribution in [0.25, 0.3) is 0 Å². The van der Waals surface area contributed by atoms with Crippen molar-refractivity contribution in [2.24, 2.45) is 0 Å². The van der Waals surface area contributed by atoms with Crippen LogP contribution in [0, 0.1) is 0 Å². The first-order valence-corrected chi connectivity index (χ1v) is 23.8. The van der Waals surface area contributed by atoms with Gasteiger partial charge in [0.2, 0.25) is 0 Å². The zero-order valence-electron chi connectivity index (χ0n) is 37.1. The molecule has 0 heterocycles. The average molecular weight is 783 g/mol. The number of carbonyl (C=O) groups is 2. The minimum atomic E-state index is -0.570. The number of allylic oxidation sites excluding steroid dienone is 9. The summed E-state index contributed by atoms with van der Waals surface area (Å²) in [6.45, 7) is 7.59. The van der Waals surface area contributed by atoms with Crippen LogP contribution in [-0.2, 0) is 23.8 Å². The summed E-state index contributed by atoms with van der Waals surface area (Å²) in [5.41, 5.74) is 0. The molecule has 0 aliphatic rings. The van der Waals surface area contributed by atoms with Gasteiger partial charge < -0.3 is 14.2 Å². The molecular weight excluding hydrogens is 693 g/mol. The van der Waals surface area contributed by atoms with Gasteiger partial charge in [0, 0.05) is 13.0 Å². The summed E-state index contributed by atoms with van der Waals surface area (Å²) in [4.78, 5) is 25.1. The largest absolute Gasteiger partial charge is 0.461 e. The lowest BCUT2D eigenvalue weighted by atomic mass is 10.0. The third kappa shape index (κ3) is 44.3. The molecule has 0 aromatic rings. The van der Waals surface area contributed by atoms with Crippen LogP contribution in [0.3, 0.4) is 0 Å². The first kappa shape index (κ1) is 53.6. The zero-order valence-corrected chi connectivity index (χ0v) is 37.1. The second kappa shape index (κ2) is 47.0. The van der Waals surface area contributed by atoms with Gasteiger partial charge >= 0.3 is 11.9 Å². The van der Waals surface area contributed by atoms with Gasteiger partial charge in [0.25, 0.3) is 0 Å². The molecule has 0 bridgehead atoms. The van der Waals surface area contributed by atoms with Crippen LogP contribution in [0.15, 0.2) is 60.8 Å². The molecule has 0 fully saturated rings. The molecule has 1 atom stereocenters. The highest BCUT2D eigenvalue weighted by Gasteiger charge is 2.17. The van der Waals surface area contributed by atoms with Crippen molar-refractivity contribution >= 4 is 11.9 Å². The molecule has 1 unspecified atom stereocenters. The molecule has 5 nitrogen and oxygen atoms in total. The van der Waals surface area contributed by atoms with E-state index in [2.05, 4.69) is 69.4 Å². The summed E-state index contributed by atoms with van der Waals surface area (Å²) in [6.07, 6.45) is 58.4. The number of rotatable bonds is 43. The van der Waals surface area contributed by atoms with Crippen molar-refractivity contribution in [3.8, 4) is 0 Å². The number of hydrogen-bond donors (Lipinski definition) is 0. The zero-order chi connectivity index (χ0) is 40.7. The van der Waals surface area contributed by atoms with Crippen molar-refractivity contribution in [3.05, 3.63) is 60.8 Å². The molecule has 0 saturated carbocycles. The third-order valence-electron chi connectivity index (χ3n) is 10.1. The van der Waals surface area contributed by atoms with Gasteiger partial charge in [-0.3, -0.25) is 9.59 Å². The van der Waals surface area contributed by atoms with E-state index in [-0.39, 0.29) is 31.6 Å². The Morgan fingerprint density at radius 1 is 0.411 bits per heavy atom. The maximum Gasteiger partial charge on any atom is 0.309 e. The molecule has 324 valence electrons. The molecule has 56 heavy (non-hydrogen) atoms. The molecule has 0 rings (SSSR count). The van der Waals surface area contributed by atoms with Gasteiger partial charge in [-0.2, -0.15) is 0 Å². The fraction of sp³-hybridized carbons (Fsp3) is 0.765. The van der Waals surface area contributed by atoms with E-state index >= 15 is 0 Å². The van der Waals surface area contributed by atoms with Crippen molar-refractivity contribution in [2.45, 2.75) is 232 Å². The molecule has 0 N–H and O–H groups in total. The van der Waals surface area contributed by atoms with Crippen LogP contribution < -0.4 is 0 Å². The van der Waals surface area contributed by atoms with E-state index in [1.165, 1.54) is 128 Å². The predicted molar refractivity (Wildman–Crippen MR) is 242 cm³/mol. The van der Waals surface area contributed by atoms with Crippen LogP contribution in [-0.4, -0.2) is 37.9 Å². The Labute approximate surface area is 347 Å². The summed E-state index contributed by atoms with van der Waals surface area (Å²) in [6, 6.07) is 0. The van der Waals surface area contributed by atoms with Crippen molar-refractivity contribution in [1.82, 2.24) is 0 Å². The second-order valence-electron chi connectivity index (χ2n) is 15.7. The quantitative estimate of drug-likeness (QED) is 0.0350. The molecule has 0 aliphatic carbocycles. The highest BCUT2D eigenvalue weighted by Crippen LogP contribution is 2.15. The van der Waals surface area contributed by atoms with Crippen LogP contribution in [0.2, 0.25) is 0 Å². The van der Waals surface area contributed by atoms with Crippen LogP contribution >= 0.6 is 0 Å². The van der Waals surface area contributed by atoms with Crippen molar-refractivity contribution in [1.29, 1.82) is 0 Å². The summed E-state index contributed by atoms with van der Waals surface area (Å²) in [5, 5.41) is 0. The highest BCUT2D eigenvalue weighted by atomic mass is 16.6. The number of esters is 2. The van der Waals surface area contributed by atoms with E-state index in [0.29, 0.717) is 13.0 Å². The van der Waals surface area contributed by atoms with Crippen LogP contribution in [0.4, 0.5) is 0 Å². The minimum Gasteiger partial charge on any atom is -0.461 e. The standard InChI is InChI=1S/C51H90O5/c1-4-7-10-13-16-18-20-22-24-25-26-28-30-32-34-37-40-43-46-54-47-49(56-51(53)45-42-39-35-15-12-9-6-3)48-55-50(52)44-41-38-36-33-31-29-27-23-21-19-17-14-11-8-5-2/h8,11,17,19,23,27,31,33,38,41,49H,4-7,9-10,12-16,18,20-22,24-26,28-30,32,34-37,39-40,42-48H2,1-3H3/b11-8-,19-17-,27-23-,33-31-,41-38-. The third-order valence-corrected chi connectivity index (χ3v) is 10.1.